The Labute approximate surface area is 140 Å². The highest BCUT2D eigenvalue weighted by molar-refractivity contribution is 6.00. The first-order valence-corrected chi connectivity index (χ1v) is 8.45. The van der Waals surface area contributed by atoms with Crippen molar-refractivity contribution in [3.63, 3.8) is 0 Å². The summed E-state index contributed by atoms with van der Waals surface area (Å²) in [6.07, 6.45) is 6.72. The normalized spacial score (nSPS) is 18.0. The van der Waals surface area contributed by atoms with E-state index in [0.717, 1.165) is 30.6 Å². The summed E-state index contributed by atoms with van der Waals surface area (Å²) in [7, 11) is 0. The van der Waals surface area contributed by atoms with E-state index in [1.807, 2.05) is 41.3 Å². The lowest BCUT2D eigenvalue weighted by molar-refractivity contribution is 0.0637. The molecule has 0 saturated carbocycles. The molecule has 5 heteroatoms. The van der Waals surface area contributed by atoms with Gasteiger partial charge in [-0.2, -0.15) is 5.10 Å². The van der Waals surface area contributed by atoms with Crippen LogP contribution in [0.4, 0.5) is 0 Å². The van der Waals surface area contributed by atoms with Crippen LogP contribution in [0.3, 0.4) is 0 Å². The van der Waals surface area contributed by atoms with Crippen LogP contribution in [0.25, 0.3) is 16.9 Å². The highest BCUT2D eigenvalue weighted by Gasteiger charge is 2.27. The third-order valence-corrected chi connectivity index (χ3v) is 4.77. The number of carbonyl (C=O) groups excluding carboxylic acids is 1. The maximum Gasteiger partial charge on any atom is 0.259 e. The van der Waals surface area contributed by atoms with Crippen LogP contribution in [-0.2, 0) is 0 Å². The Kier molecular flexibility index (Phi) is 3.76. The molecule has 0 spiro atoms. The summed E-state index contributed by atoms with van der Waals surface area (Å²) in [5, 5.41) is 4.44. The Morgan fingerprint density at radius 1 is 1.17 bits per heavy atom. The zero-order valence-electron chi connectivity index (χ0n) is 13.7. The summed E-state index contributed by atoms with van der Waals surface area (Å²) in [5.74, 6) is 0.0370. The van der Waals surface area contributed by atoms with E-state index >= 15 is 0 Å². The molecule has 5 nitrogen and oxygen atoms in total. The molecule has 1 aliphatic rings. The molecule has 0 radical (unpaired) electrons. The molecule has 1 saturated heterocycles. The number of aromatic nitrogens is 3. The number of amides is 1. The quantitative estimate of drug-likeness (QED) is 0.727. The minimum Gasteiger partial charge on any atom is -0.336 e. The van der Waals surface area contributed by atoms with E-state index in [2.05, 4.69) is 17.0 Å². The molecule has 4 rings (SSSR count). The van der Waals surface area contributed by atoms with Crippen LogP contribution in [0, 0.1) is 0 Å². The predicted molar refractivity (Wildman–Crippen MR) is 92.8 cm³/mol. The summed E-state index contributed by atoms with van der Waals surface area (Å²) >= 11 is 0. The maximum absolute atomic E-state index is 13.0. The number of hydrogen-bond donors (Lipinski definition) is 0. The van der Waals surface area contributed by atoms with Gasteiger partial charge in [0.05, 0.1) is 11.9 Å². The Bertz CT molecular complexity index is 871. The predicted octanol–water partition coefficient (Wildman–Crippen LogP) is 3.41. The fourth-order valence-corrected chi connectivity index (χ4v) is 3.42. The van der Waals surface area contributed by atoms with Crippen LogP contribution in [-0.4, -0.2) is 38.0 Å². The molecule has 1 atom stereocenters. The lowest BCUT2D eigenvalue weighted by atomic mass is 10.0. The summed E-state index contributed by atoms with van der Waals surface area (Å²) in [4.78, 5) is 19.3. The lowest BCUT2D eigenvalue weighted by Crippen LogP contribution is -2.42. The average Bonchev–Trinajstić information content (AvgIpc) is 3.06. The smallest absolute Gasteiger partial charge is 0.259 e. The van der Waals surface area contributed by atoms with Gasteiger partial charge in [-0.15, -0.1) is 0 Å². The van der Waals surface area contributed by atoms with E-state index < -0.39 is 0 Å². The third-order valence-electron chi connectivity index (χ3n) is 4.77. The number of nitrogens with zero attached hydrogens (tertiary/aromatic N) is 4. The highest BCUT2D eigenvalue weighted by Crippen LogP contribution is 2.24. The van der Waals surface area contributed by atoms with Gasteiger partial charge in [0.1, 0.15) is 5.56 Å². The van der Waals surface area contributed by atoms with Crippen molar-refractivity contribution >= 4 is 11.6 Å². The monoisotopic (exact) mass is 320 g/mol. The van der Waals surface area contributed by atoms with E-state index in [4.69, 9.17) is 0 Å². The number of rotatable bonds is 2. The van der Waals surface area contributed by atoms with Crippen molar-refractivity contribution in [2.45, 2.75) is 32.2 Å². The molecule has 2 aromatic heterocycles. The van der Waals surface area contributed by atoms with Gasteiger partial charge in [-0.3, -0.25) is 4.79 Å². The molecule has 3 aromatic rings. The number of likely N-dealkylation sites (tertiary alicyclic amines) is 1. The summed E-state index contributed by atoms with van der Waals surface area (Å²) < 4.78 is 1.76. The minimum absolute atomic E-state index is 0.0370. The Hall–Kier alpha value is -2.69. The number of piperidine rings is 1. The molecule has 1 amide bonds. The Morgan fingerprint density at radius 2 is 2.00 bits per heavy atom. The summed E-state index contributed by atoms with van der Waals surface area (Å²) in [6, 6.07) is 12.2. The Morgan fingerprint density at radius 3 is 2.79 bits per heavy atom. The summed E-state index contributed by atoms with van der Waals surface area (Å²) in [6.45, 7) is 2.93. The summed E-state index contributed by atoms with van der Waals surface area (Å²) in [5.41, 5.74) is 3.20. The standard InChI is InChI=1S/C19H20N4O/c1-14-7-5-6-12-22(14)19(24)16-13-21-23-17(10-11-20-18(16)23)15-8-3-2-4-9-15/h2-4,8-11,13-14H,5-7,12H2,1H3. The Balaban J connectivity index is 1.77. The van der Waals surface area contributed by atoms with Crippen molar-refractivity contribution in [1.29, 1.82) is 0 Å². The van der Waals surface area contributed by atoms with Gasteiger partial charge >= 0.3 is 0 Å². The van der Waals surface area contributed by atoms with Gasteiger partial charge < -0.3 is 4.90 Å². The van der Waals surface area contributed by atoms with Crippen LogP contribution in [0.2, 0.25) is 0 Å². The molecule has 1 aromatic carbocycles. The van der Waals surface area contributed by atoms with E-state index in [1.165, 1.54) is 6.42 Å². The van der Waals surface area contributed by atoms with Gasteiger partial charge in [0, 0.05) is 24.3 Å². The van der Waals surface area contributed by atoms with Crippen LogP contribution >= 0.6 is 0 Å². The van der Waals surface area contributed by atoms with E-state index in [9.17, 15) is 4.79 Å². The fraction of sp³-hybridized carbons (Fsp3) is 0.316. The number of fused-ring (bicyclic) bond motifs is 1. The number of benzene rings is 1. The molecule has 3 heterocycles. The third kappa shape index (κ3) is 2.46. The zero-order valence-corrected chi connectivity index (χ0v) is 13.7. The average molecular weight is 320 g/mol. The molecule has 0 bridgehead atoms. The van der Waals surface area contributed by atoms with Gasteiger partial charge in [0.15, 0.2) is 5.65 Å². The second kappa shape index (κ2) is 6.07. The van der Waals surface area contributed by atoms with E-state index in [-0.39, 0.29) is 11.9 Å². The lowest BCUT2D eigenvalue weighted by Gasteiger charge is -2.33. The number of carbonyl (C=O) groups is 1. The van der Waals surface area contributed by atoms with Crippen molar-refractivity contribution in [1.82, 2.24) is 19.5 Å². The van der Waals surface area contributed by atoms with Gasteiger partial charge in [-0.05, 0) is 32.3 Å². The maximum atomic E-state index is 13.0. The second-order valence-corrected chi connectivity index (χ2v) is 6.33. The van der Waals surface area contributed by atoms with Crippen LogP contribution in [0.1, 0.15) is 36.5 Å². The van der Waals surface area contributed by atoms with Gasteiger partial charge in [0.25, 0.3) is 5.91 Å². The molecule has 1 aliphatic heterocycles. The van der Waals surface area contributed by atoms with Gasteiger partial charge in [-0.25, -0.2) is 9.50 Å². The highest BCUT2D eigenvalue weighted by atomic mass is 16.2. The van der Waals surface area contributed by atoms with Crippen molar-refractivity contribution in [3.05, 3.63) is 54.4 Å². The van der Waals surface area contributed by atoms with Crippen molar-refractivity contribution in [3.8, 4) is 11.3 Å². The van der Waals surface area contributed by atoms with E-state index in [1.54, 1.807) is 16.9 Å². The van der Waals surface area contributed by atoms with Crippen molar-refractivity contribution < 1.29 is 4.79 Å². The molecule has 0 N–H and O–H groups in total. The number of hydrogen-bond acceptors (Lipinski definition) is 3. The van der Waals surface area contributed by atoms with Crippen molar-refractivity contribution in [2.75, 3.05) is 6.54 Å². The minimum atomic E-state index is 0.0370. The van der Waals surface area contributed by atoms with E-state index in [0.29, 0.717) is 11.2 Å². The zero-order chi connectivity index (χ0) is 16.5. The molecular weight excluding hydrogens is 300 g/mol. The van der Waals surface area contributed by atoms with Crippen LogP contribution < -0.4 is 0 Å². The molecule has 122 valence electrons. The van der Waals surface area contributed by atoms with Gasteiger partial charge in [0.2, 0.25) is 0 Å². The molecular formula is C19H20N4O. The fourth-order valence-electron chi connectivity index (χ4n) is 3.42. The molecule has 24 heavy (non-hydrogen) atoms. The first-order chi connectivity index (χ1) is 11.8. The van der Waals surface area contributed by atoms with Crippen molar-refractivity contribution in [2.24, 2.45) is 0 Å². The molecule has 1 fully saturated rings. The molecule has 1 unspecified atom stereocenters. The molecule has 0 aliphatic carbocycles. The topological polar surface area (TPSA) is 50.5 Å². The SMILES string of the molecule is CC1CCCCN1C(=O)c1cnn2c(-c3ccccc3)ccnc12. The van der Waals surface area contributed by atoms with Crippen LogP contribution in [0.5, 0.6) is 0 Å². The second-order valence-electron chi connectivity index (χ2n) is 6.33. The van der Waals surface area contributed by atoms with Crippen LogP contribution in [0.15, 0.2) is 48.8 Å². The first kappa shape index (κ1) is 14.9. The van der Waals surface area contributed by atoms with Gasteiger partial charge in [-0.1, -0.05) is 30.3 Å². The largest absolute Gasteiger partial charge is 0.336 e. The first-order valence-electron chi connectivity index (χ1n) is 8.45.